The lowest BCUT2D eigenvalue weighted by molar-refractivity contribution is -0.134. The third-order valence-electron chi connectivity index (χ3n) is 8.34. The van der Waals surface area contributed by atoms with Crippen LogP contribution in [0.4, 0.5) is 17.6 Å². The molecule has 232 valence electrons. The summed E-state index contributed by atoms with van der Waals surface area (Å²) in [7, 11) is -1.31. The summed E-state index contributed by atoms with van der Waals surface area (Å²) in [5, 5.41) is 4.61. The third-order valence-corrected chi connectivity index (χ3v) is 11.6. The molecule has 1 fully saturated rings. The van der Waals surface area contributed by atoms with E-state index in [1.165, 1.54) is 12.1 Å². The molecule has 0 spiro atoms. The number of carbonyl (C=O) groups is 1. The number of nitrogens with zero attached hydrogens (tertiary/aromatic N) is 6. The van der Waals surface area contributed by atoms with Crippen LogP contribution in [0, 0.1) is 11.2 Å². The van der Waals surface area contributed by atoms with Gasteiger partial charge in [0, 0.05) is 25.3 Å². The van der Waals surface area contributed by atoms with Gasteiger partial charge in [0.25, 0.3) is 0 Å². The Morgan fingerprint density at radius 3 is 2.55 bits per heavy atom. The molecule has 1 saturated carbocycles. The zero-order valence-electron chi connectivity index (χ0n) is 24.2. The van der Waals surface area contributed by atoms with Crippen LogP contribution in [0.25, 0.3) is 11.8 Å². The minimum absolute atomic E-state index is 0.166. The van der Waals surface area contributed by atoms with E-state index in [2.05, 4.69) is 20.9 Å². The Kier molecular flexibility index (Phi) is 7.45. The summed E-state index contributed by atoms with van der Waals surface area (Å²) < 4.78 is 73.7. The minimum Gasteiger partial charge on any atom is -0.339 e. The van der Waals surface area contributed by atoms with Crippen LogP contribution in [0.15, 0.2) is 59.8 Å². The lowest BCUT2D eigenvalue weighted by atomic mass is 9.61. The molecule has 8 nitrogen and oxygen atoms in total. The van der Waals surface area contributed by atoms with E-state index >= 15 is 0 Å². The number of rotatable bonds is 7. The number of ketones is 1. The molecule has 14 heteroatoms. The number of aryl methyl sites for hydroxylation is 1. The van der Waals surface area contributed by atoms with Gasteiger partial charge in [-0.3, -0.25) is 4.79 Å². The number of fused-ring (bicyclic) bond motifs is 2. The number of halogens is 4. The van der Waals surface area contributed by atoms with E-state index in [1.54, 1.807) is 47.2 Å². The molecule has 6 rings (SSSR count). The van der Waals surface area contributed by atoms with Gasteiger partial charge in [-0.1, -0.05) is 5.57 Å². The van der Waals surface area contributed by atoms with E-state index < -0.39 is 38.0 Å². The Labute approximate surface area is 256 Å². The lowest BCUT2D eigenvalue weighted by Crippen LogP contribution is -2.52. The summed E-state index contributed by atoms with van der Waals surface area (Å²) in [6.45, 7) is 3.80. The van der Waals surface area contributed by atoms with Crippen molar-refractivity contribution in [2.45, 2.75) is 62.8 Å². The van der Waals surface area contributed by atoms with Crippen LogP contribution in [0.5, 0.6) is 0 Å². The second kappa shape index (κ2) is 10.8. The van der Waals surface area contributed by atoms with Crippen LogP contribution in [0.3, 0.4) is 0 Å². The van der Waals surface area contributed by atoms with Gasteiger partial charge in [-0.25, -0.2) is 27.6 Å². The van der Waals surface area contributed by atoms with Gasteiger partial charge in [0.1, 0.15) is 10.7 Å². The van der Waals surface area contributed by atoms with Crippen LogP contribution in [0.1, 0.15) is 59.0 Å². The molecule has 4 aromatic rings. The first-order chi connectivity index (χ1) is 20.7. The maximum Gasteiger partial charge on any atom is 0.427 e. The van der Waals surface area contributed by atoms with Crippen molar-refractivity contribution in [3.8, 4) is 5.69 Å². The number of Topliss-reactive ketones (excluding diaryl/α,β-unsaturated/α-hetero) is 1. The molecule has 44 heavy (non-hydrogen) atoms. The van der Waals surface area contributed by atoms with Crippen molar-refractivity contribution < 1.29 is 26.6 Å². The van der Waals surface area contributed by atoms with Crippen molar-refractivity contribution in [3.05, 3.63) is 81.7 Å². The van der Waals surface area contributed by atoms with Crippen LogP contribution in [0.2, 0.25) is 0 Å². The third kappa shape index (κ3) is 5.12. The molecule has 0 aliphatic heterocycles. The zero-order chi connectivity index (χ0) is 31.6. The van der Waals surface area contributed by atoms with Crippen molar-refractivity contribution in [2.24, 2.45) is 12.5 Å². The first-order valence-electron chi connectivity index (χ1n) is 14.0. The molecule has 2 aliphatic carbocycles. The quantitative estimate of drug-likeness (QED) is 0.140. The molecule has 1 unspecified atom stereocenters. The summed E-state index contributed by atoms with van der Waals surface area (Å²) in [4.78, 5) is 21.7. The molecule has 3 atom stereocenters. The molecule has 0 saturated heterocycles. The van der Waals surface area contributed by atoms with Crippen molar-refractivity contribution in [1.29, 1.82) is 0 Å². The molecule has 0 bridgehead atoms. The molecular weight excluding hydrogens is 616 g/mol. The summed E-state index contributed by atoms with van der Waals surface area (Å²) in [5.41, 5.74) is 1.57. The molecule has 0 N–H and O–H groups in total. The normalized spacial score (nSPS) is 21.6. The summed E-state index contributed by atoms with van der Waals surface area (Å²) in [5.74, 6) is 3.20. The first-order valence-corrected chi connectivity index (χ1v) is 16.5. The van der Waals surface area contributed by atoms with Gasteiger partial charge < -0.3 is 4.57 Å². The Bertz CT molecular complexity index is 1870. The predicted molar refractivity (Wildman–Crippen MR) is 160 cm³/mol. The topological polar surface area (TPSA) is 85.9 Å². The maximum absolute atomic E-state index is 14.4. The molecule has 0 radical (unpaired) electrons. The summed E-state index contributed by atoms with van der Waals surface area (Å²) >= 11 is 0.333. The highest BCUT2D eigenvalue weighted by Crippen LogP contribution is 2.52. The highest BCUT2D eigenvalue weighted by atomic mass is 32.2. The molecule has 3 aromatic heterocycles. The van der Waals surface area contributed by atoms with Crippen LogP contribution < -0.4 is 0 Å². The van der Waals surface area contributed by atoms with Gasteiger partial charge >= 0.3 is 6.18 Å². The van der Waals surface area contributed by atoms with Crippen LogP contribution >= 0.6 is 11.3 Å². The Morgan fingerprint density at radius 2 is 1.93 bits per heavy atom. The smallest absolute Gasteiger partial charge is 0.339 e. The number of allylic oxidation sites excluding steroid dienone is 1. The van der Waals surface area contributed by atoms with Crippen molar-refractivity contribution >= 4 is 38.8 Å². The minimum atomic E-state index is -4.63. The van der Waals surface area contributed by atoms with Gasteiger partial charge in [0.2, 0.25) is 5.78 Å². The fraction of sp³-hybridized carbons (Fsp3) is 0.367. The number of hydrogen-bond acceptors (Lipinski definition) is 6. The number of benzene rings is 1. The molecule has 3 heterocycles. The number of imidazole rings is 1. The Balaban J connectivity index is 1.45. The SMILES string of the molecule is C=S(=O)(c1cn(C)cn1)N(C(C)C)[C@H]1CCC2=Cc3c(cnn3-c3ccc(F)cc3)C[C@]2(C(=O)c2ncc(C(F)(F)F)s2)C1. The molecule has 2 aliphatic rings. The fourth-order valence-electron chi connectivity index (χ4n) is 6.47. The zero-order valence-corrected chi connectivity index (χ0v) is 25.8. The van der Waals surface area contributed by atoms with Gasteiger partial charge in [0.15, 0.2) is 10.0 Å². The predicted octanol–water partition coefficient (Wildman–Crippen LogP) is 5.98. The number of thiazole rings is 1. The standard InChI is InChI=1S/C30H30F4N6O2S2/c1-18(2)40(44(4,42)26-16-38(3)17-36-26)23-8-5-20-11-24-19(14-37-39(24)22-9-6-21(31)7-10-22)12-29(20,13-23)27(41)28-35-15-25(43-28)30(32,33)34/h6-7,9-11,14-18,23H,4-5,8,12-13H2,1-3H3/t23-,29-,44?/m0/s1. The average molecular weight is 647 g/mol. The first kappa shape index (κ1) is 30.4. The lowest BCUT2D eigenvalue weighted by Gasteiger charge is -2.48. The monoisotopic (exact) mass is 646 g/mol. The second-order valence-corrected chi connectivity index (χ2v) is 14.7. The van der Waals surface area contributed by atoms with Gasteiger partial charge in [-0.2, -0.15) is 18.3 Å². The molecule has 0 amide bonds. The van der Waals surface area contributed by atoms with E-state index in [0.717, 1.165) is 16.8 Å². The average Bonchev–Trinajstić information content (AvgIpc) is 3.71. The highest BCUT2D eigenvalue weighted by molar-refractivity contribution is 7.98. The maximum atomic E-state index is 14.4. The van der Waals surface area contributed by atoms with Gasteiger partial charge in [-0.05, 0) is 81.3 Å². The highest BCUT2D eigenvalue weighted by Gasteiger charge is 2.52. The van der Waals surface area contributed by atoms with Crippen LogP contribution in [-0.2, 0) is 29.4 Å². The Hall–Kier alpha value is -3.62. The van der Waals surface area contributed by atoms with Gasteiger partial charge in [-0.15, -0.1) is 11.3 Å². The largest absolute Gasteiger partial charge is 0.427 e. The van der Waals surface area contributed by atoms with Crippen LogP contribution in [-0.4, -0.2) is 56.6 Å². The fourth-order valence-corrected chi connectivity index (χ4v) is 9.39. The van der Waals surface area contributed by atoms with Gasteiger partial charge in [0.05, 0.1) is 45.2 Å². The molecule has 1 aromatic carbocycles. The van der Waals surface area contributed by atoms with E-state index in [0.29, 0.717) is 41.1 Å². The Morgan fingerprint density at radius 1 is 1.20 bits per heavy atom. The summed E-state index contributed by atoms with van der Waals surface area (Å²) in [6, 6.07) is 5.21. The molecular formula is C30H30F4N6O2S2. The van der Waals surface area contributed by atoms with E-state index in [9.17, 15) is 26.6 Å². The van der Waals surface area contributed by atoms with Crippen molar-refractivity contribution in [2.75, 3.05) is 0 Å². The summed E-state index contributed by atoms with van der Waals surface area (Å²) in [6.07, 6.45) is 4.09. The van der Waals surface area contributed by atoms with E-state index in [4.69, 9.17) is 0 Å². The van der Waals surface area contributed by atoms with E-state index in [1.807, 2.05) is 24.2 Å². The van der Waals surface area contributed by atoms with E-state index in [-0.39, 0.29) is 29.7 Å². The number of alkyl halides is 3. The second-order valence-electron chi connectivity index (χ2n) is 11.6. The number of aromatic nitrogens is 5. The number of hydrogen-bond donors (Lipinski definition) is 0. The van der Waals surface area contributed by atoms with Crippen molar-refractivity contribution in [1.82, 2.24) is 28.6 Å². The van der Waals surface area contributed by atoms with Crippen molar-refractivity contribution in [3.63, 3.8) is 0 Å². The number of carbonyl (C=O) groups excluding carboxylic acids is 1.